The van der Waals surface area contributed by atoms with E-state index in [-0.39, 0.29) is 6.10 Å². The third-order valence-electron chi connectivity index (χ3n) is 3.13. The van der Waals surface area contributed by atoms with Gasteiger partial charge in [0.1, 0.15) is 0 Å². The number of hydrogen-bond donors (Lipinski definition) is 1. The molecule has 1 atom stereocenters. The first-order valence-electron chi connectivity index (χ1n) is 6.19. The molecule has 2 aromatic rings. The van der Waals surface area contributed by atoms with Gasteiger partial charge in [-0.15, -0.1) is 0 Å². The van der Waals surface area contributed by atoms with Gasteiger partial charge in [-0.1, -0.05) is 18.2 Å². The van der Waals surface area contributed by atoms with Crippen LogP contribution in [0.2, 0.25) is 0 Å². The van der Waals surface area contributed by atoms with E-state index < -0.39 is 0 Å². The Kier molecular flexibility index (Phi) is 3.39. The van der Waals surface area contributed by atoms with E-state index in [0.29, 0.717) is 6.61 Å². The van der Waals surface area contributed by atoms with Gasteiger partial charge in [-0.25, -0.2) is 0 Å². The van der Waals surface area contributed by atoms with Gasteiger partial charge >= 0.3 is 0 Å². The normalized spacial score (nSPS) is 19.2. The summed E-state index contributed by atoms with van der Waals surface area (Å²) in [6, 6.07) is 8.35. The molecule has 94 valence electrons. The molecule has 4 heteroatoms. The molecule has 0 radical (unpaired) electrons. The molecule has 0 bridgehead atoms. The van der Waals surface area contributed by atoms with Crippen LogP contribution in [0.3, 0.4) is 0 Å². The minimum Gasteiger partial charge on any atom is -0.379 e. The second-order valence-electron chi connectivity index (χ2n) is 4.48. The lowest BCUT2D eigenvalue weighted by Gasteiger charge is -2.10. The molecule has 1 aromatic heterocycles. The number of hydrogen-bond acceptors (Lipinski definition) is 3. The average Bonchev–Trinajstić information content (AvgIpc) is 3.10. The van der Waals surface area contributed by atoms with Crippen molar-refractivity contribution >= 4 is 0 Å². The summed E-state index contributed by atoms with van der Waals surface area (Å²) in [5, 5.41) is 6.79. The van der Waals surface area contributed by atoms with E-state index in [9.17, 15) is 0 Å². The predicted octanol–water partition coefficient (Wildman–Crippen LogP) is 2.38. The summed E-state index contributed by atoms with van der Waals surface area (Å²) in [7, 11) is 0. The van der Waals surface area contributed by atoms with Crippen LogP contribution in [0.1, 0.15) is 12.0 Å². The van der Waals surface area contributed by atoms with E-state index in [0.717, 1.165) is 30.8 Å². The summed E-state index contributed by atoms with van der Waals surface area (Å²) in [4.78, 5) is 0. The van der Waals surface area contributed by atoms with Crippen molar-refractivity contribution in [1.82, 2.24) is 10.2 Å². The molecule has 1 saturated heterocycles. The highest BCUT2D eigenvalue weighted by molar-refractivity contribution is 5.62. The second-order valence-corrected chi connectivity index (χ2v) is 4.48. The summed E-state index contributed by atoms with van der Waals surface area (Å²) >= 11 is 0. The average molecular weight is 244 g/mol. The number of benzene rings is 1. The SMILES string of the molecule is c1cc(COC2CCOC2)cc(-c2cn[nH]c2)c1. The fourth-order valence-electron chi connectivity index (χ4n) is 2.11. The second kappa shape index (κ2) is 5.33. The lowest BCUT2D eigenvalue weighted by molar-refractivity contribution is 0.0318. The molecule has 2 heterocycles. The highest BCUT2D eigenvalue weighted by Gasteiger charge is 2.15. The third kappa shape index (κ3) is 2.60. The van der Waals surface area contributed by atoms with Gasteiger partial charge in [-0.3, -0.25) is 5.10 Å². The first-order chi connectivity index (χ1) is 8.92. The van der Waals surface area contributed by atoms with Crippen molar-refractivity contribution in [3.05, 3.63) is 42.2 Å². The van der Waals surface area contributed by atoms with Crippen LogP contribution in [0.25, 0.3) is 11.1 Å². The van der Waals surface area contributed by atoms with Gasteiger partial charge in [0.25, 0.3) is 0 Å². The van der Waals surface area contributed by atoms with Gasteiger partial charge in [-0.05, 0) is 23.6 Å². The highest BCUT2D eigenvalue weighted by Crippen LogP contribution is 2.20. The Morgan fingerprint density at radius 2 is 2.39 bits per heavy atom. The maximum absolute atomic E-state index is 5.81. The Morgan fingerprint density at radius 3 is 3.17 bits per heavy atom. The Bertz CT molecular complexity index is 490. The Labute approximate surface area is 106 Å². The van der Waals surface area contributed by atoms with Crippen LogP contribution < -0.4 is 0 Å². The molecular formula is C14H16N2O2. The highest BCUT2D eigenvalue weighted by atomic mass is 16.5. The molecular weight excluding hydrogens is 228 g/mol. The van der Waals surface area contributed by atoms with Gasteiger partial charge in [0.2, 0.25) is 0 Å². The molecule has 18 heavy (non-hydrogen) atoms. The number of aromatic amines is 1. The predicted molar refractivity (Wildman–Crippen MR) is 68.0 cm³/mol. The van der Waals surface area contributed by atoms with E-state index in [1.54, 1.807) is 0 Å². The molecule has 0 spiro atoms. The van der Waals surface area contributed by atoms with E-state index >= 15 is 0 Å². The number of aromatic nitrogens is 2. The van der Waals surface area contributed by atoms with Gasteiger partial charge in [0.15, 0.2) is 0 Å². The van der Waals surface area contributed by atoms with Gasteiger partial charge in [-0.2, -0.15) is 5.10 Å². The Hall–Kier alpha value is -1.65. The summed E-state index contributed by atoms with van der Waals surface area (Å²) in [6.45, 7) is 2.18. The van der Waals surface area contributed by atoms with Crippen LogP contribution in [-0.4, -0.2) is 29.5 Å². The molecule has 1 aromatic carbocycles. The van der Waals surface area contributed by atoms with Crippen LogP contribution in [-0.2, 0) is 16.1 Å². The van der Waals surface area contributed by atoms with Crippen LogP contribution in [0.4, 0.5) is 0 Å². The fraction of sp³-hybridized carbons (Fsp3) is 0.357. The van der Waals surface area contributed by atoms with Crippen LogP contribution in [0, 0.1) is 0 Å². The lowest BCUT2D eigenvalue weighted by Crippen LogP contribution is -2.11. The van der Waals surface area contributed by atoms with Gasteiger partial charge in [0.05, 0.1) is 25.5 Å². The number of rotatable bonds is 4. The fourth-order valence-corrected chi connectivity index (χ4v) is 2.11. The molecule has 1 unspecified atom stereocenters. The summed E-state index contributed by atoms with van der Waals surface area (Å²) in [5.41, 5.74) is 3.44. The molecule has 0 amide bonds. The first-order valence-corrected chi connectivity index (χ1v) is 6.19. The monoisotopic (exact) mass is 244 g/mol. The standard InChI is InChI=1S/C14H16N2O2/c1-2-11(9-18-14-4-5-17-10-14)6-12(3-1)13-7-15-16-8-13/h1-3,6-8,14H,4-5,9-10H2,(H,15,16). The number of nitrogens with one attached hydrogen (secondary N) is 1. The van der Waals surface area contributed by atoms with Crippen molar-refractivity contribution in [2.24, 2.45) is 0 Å². The molecule has 1 N–H and O–H groups in total. The minimum absolute atomic E-state index is 0.252. The third-order valence-corrected chi connectivity index (χ3v) is 3.13. The maximum Gasteiger partial charge on any atom is 0.0834 e. The van der Waals surface area contributed by atoms with Crippen molar-refractivity contribution < 1.29 is 9.47 Å². The summed E-state index contributed by atoms with van der Waals surface area (Å²) < 4.78 is 11.1. The topological polar surface area (TPSA) is 47.1 Å². The lowest BCUT2D eigenvalue weighted by atomic mass is 10.1. The first kappa shape index (κ1) is 11.4. The van der Waals surface area contributed by atoms with E-state index in [2.05, 4.69) is 28.4 Å². The van der Waals surface area contributed by atoms with Crippen molar-refractivity contribution in [3.63, 3.8) is 0 Å². The van der Waals surface area contributed by atoms with Crippen LogP contribution in [0.5, 0.6) is 0 Å². The molecule has 3 rings (SSSR count). The van der Waals surface area contributed by atoms with E-state index in [1.807, 2.05) is 18.5 Å². The smallest absolute Gasteiger partial charge is 0.0834 e. The van der Waals surface area contributed by atoms with Crippen molar-refractivity contribution in [1.29, 1.82) is 0 Å². The zero-order valence-corrected chi connectivity index (χ0v) is 10.1. The van der Waals surface area contributed by atoms with E-state index in [1.165, 1.54) is 5.56 Å². The summed E-state index contributed by atoms with van der Waals surface area (Å²) in [6.07, 6.45) is 4.97. The zero-order valence-electron chi connectivity index (χ0n) is 10.1. The molecule has 1 aliphatic heterocycles. The number of H-pyrrole nitrogens is 1. The minimum atomic E-state index is 0.252. The number of ether oxygens (including phenoxy) is 2. The van der Waals surface area contributed by atoms with E-state index in [4.69, 9.17) is 9.47 Å². The van der Waals surface area contributed by atoms with Crippen LogP contribution in [0.15, 0.2) is 36.7 Å². The molecule has 0 saturated carbocycles. The van der Waals surface area contributed by atoms with Crippen molar-refractivity contribution in [3.8, 4) is 11.1 Å². The quantitative estimate of drug-likeness (QED) is 0.898. The zero-order chi connectivity index (χ0) is 12.2. The van der Waals surface area contributed by atoms with Gasteiger partial charge in [0, 0.05) is 18.4 Å². The molecule has 1 fully saturated rings. The molecule has 1 aliphatic rings. The molecule has 0 aliphatic carbocycles. The van der Waals surface area contributed by atoms with Crippen molar-refractivity contribution in [2.45, 2.75) is 19.1 Å². The van der Waals surface area contributed by atoms with Crippen molar-refractivity contribution in [2.75, 3.05) is 13.2 Å². The maximum atomic E-state index is 5.81. The molecule has 4 nitrogen and oxygen atoms in total. The van der Waals surface area contributed by atoms with Gasteiger partial charge < -0.3 is 9.47 Å². The number of nitrogens with zero attached hydrogens (tertiary/aromatic N) is 1. The summed E-state index contributed by atoms with van der Waals surface area (Å²) in [5.74, 6) is 0. The Morgan fingerprint density at radius 1 is 1.39 bits per heavy atom. The Balaban J connectivity index is 1.67. The van der Waals surface area contributed by atoms with Crippen LogP contribution >= 0.6 is 0 Å². The largest absolute Gasteiger partial charge is 0.379 e.